The molecule has 0 aromatic heterocycles. The van der Waals surface area contributed by atoms with Crippen LogP contribution in [0, 0.1) is 0 Å². The van der Waals surface area contributed by atoms with Crippen molar-refractivity contribution in [3.63, 3.8) is 0 Å². The summed E-state index contributed by atoms with van der Waals surface area (Å²) < 4.78 is 33.3. The molecule has 15 heteroatoms. The Kier molecular flexibility index (Phi) is 35.8. The first-order valence-electron chi connectivity index (χ1n) is 23.4. The van der Waals surface area contributed by atoms with Gasteiger partial charge in [-0.2, -0.15) is 0 Å². The molecule has 1 fully saturated rings. The third-order valence-corrected chi connectivity index (χ3v) is 10.9. The molecule has 1 aliphatic rings. The van der Waals surface area contributed by atoms with Crippen molar-refractivity contribution in [1.82, 2.24) is 0 Å². The minimum atomic E-state index is -5.18. The SMILES string of the molecule is CC/C=C\C/C=C\C/C=C\C/C=C\C/C=C\C/C=C\CCC(=O)OC[C@H](COP(=O)(O)OC1[C@H](O)[C@H](O)C(O)[C@H](O)[C@H]1O)OC(=O)CCC/C=C\C/C=C\C=C\[C@@H](O)C/C=C\CCCCC. The van der Waals surface area contributed by atoms with Crippen LogP contribution < -0.4 is 0 Å². The molecule has 0 aromatic carbocycles. The third kappa shape index (κ3) is 31.2. The average Bonchev–Trinajstić information content (AvgIpc) is 3.29. The van der Waals surface area contributed by atoms with E-state index < -0.39 is 81.8 Å². The van der Waals surface area contributed by atoms with Crippen LogP contribution >= 0.6 is 7.82 Å². The van der Waals surface area contributed by atoms with E-state index in [2.05, 4.69) is 74.6 Å². The molecule has 0 aromatic rings. The zero-order chi connectivity index (χ0) is 48.7. The number of aliphatic hydroxyl groups excluding tert-OH is 6. The lowest BCUT2D eigenvalue weighted by molar-refractivity contribution is -0.220. The minimum absolute atomic E-state index is 0.00979. The van der Waals surface area contributed by atoms with E-state index in [-0.39, 0.29) is 12.8 Å². The van der Waals surface area contributed by atoms with Crippen molar-refractivity contribution in [2.75, 3.05) is 13.2 Å². The van der Waals surface area contributed by atoms with E-state index in [1.807, 2.05) is 48.6 Å². The van der Waals surface area contributed by atoms with Gasteiger partial charge in [-0.05, 0) is 83.5 Å². The highest BCUT2D eigenvalue weighted by Crippen LogP contribution is 2.47. The number of carbonyl (C=O) groups is 2. The predicted molar refractivity (Wildman–Crippen MR) is 259 cm³/mol. The number of aliphatic hydroxyl groups is 6. The maximum absolute atomic E-state index is 12.8. The van der Waals surface area contributed by atoms with Crippen molar-refractivity contribution < 1.29 is 68.2 Å². The molecular formula is C51H79O14P. The second-order valence-corrected chi connectivity index (χ2v) is 17.1. The molecule has 9 atom stereocenters. The van der Waals surface area contributed by atoms with Gasteiger partial charge in [-0.1, -0.05) is 148 Å². The van der Waals surface area contributed by atoms with Crippen LogP contribution in [0.4, 0.5) is 0 Å². The van der Waals surface area contributed by atoms with Gasteiger partial charge in [-0.3, -0.25) is 18.6 Å². The molecule has 0 radical (unpaired) electrons. The van der Waals surface area contributed by atoms with Gasteiger partial charge in [-0.15, -0.1) is 0 Å². The first-order chi connectivity index (χ1) is 31.8. The molecule has 14 nitrogen and oxygen atoms in total. The predicted octanol–water partition coefficient (Wildman–Crippen LogP) is 8.36. The smallest absolute Gasteiger partial charge is 0.462 e. The summed E-state index contributed by atoms with van der Waals surface area (Å²) >= 11 is 0. The van der Waals surface area contributed by atoms with E-state index in [4.69, 9.17) is 18.5 Å². The molecule has 7 N–H and O–H groups in total. The average molecular weight is 947 g/mol. The maximum atomic E-state index is 12.8. The molecule has 1 aliphatic carbocycles. The van der Waals surface area contributed by atoms with E-state index in [1.165, 1.54) is 12.8 Å². The standard InChI is InChI=1S/C51H79O14P/c1-3-5-7-9-11-12-13-14-15-16-17-18-19-20-21-22-26-30-34-38-44(53)62-40-43(41-63-66(60,61)65-51-49(58)47(56)46(55)48(57)50(51)59)64-45(54)39-35-31-27-24-23-25-29-33-37-42(52)36-32-28-10-8-6-4-2/h5,7,11-12,14-15,17-18,20-21,24-30,32-33,37,42-43,46-52,55-59H,3-4,6,8-10,13,16,19,22-23,31,34-36,38-41H2,1-2H3,(H,60,61)/b7-5-,12-11-,15-14-,18-17-,21-20-,27-24-,29-25-,30-26-,32-28-,37-33+/t42-,43+,46?,47-,48+,49+,50+,51?/m0/s1. The van der Waals surface area contributed by atoms with E-state index in [0.29, 0.717) is 38.5 Å². The molecular weight excluding hydrogens is 868 g/mol. The molecule has 0 aliphatic heterocycles. The minimum Gasteiger partial charge on any atom is -0.462 e. The summed E-state index contributed by atoms with van der Waals surface area (Å²) in [4.78, 5) is 35.7. The maximum Gasteiger partial charge on any atom is 0.472 e. The van der Waals surface area contributed by atoms with Crippen LogP contribution in [0.3, 0.4) is 0 Å². The van der Waals surface area contributed by atoms with Gasteiger partial charge in [0.1, 0.15) is 43.2 Å². The van der Waals surface area contributed by atoms with Crippen molar-refractivity contribution in [1.29, 1.82) is 0 Å². The highest BCUT2D eigenvalue weighted by Gasteiger charge is 2.51. The summed E-state index contributed by atoms with van der Waals surface area (Å²) in [6.07, 6.45) is 38.6. The molecule has 1 saturated carbocycles. The Labute approximate surface area is 393 Å². The number of hydrogen-bond acceptors (Lipinski definition) is 13. The van der Waals surface area contributed by atoms with Crippen LogP contribution in [-0.4, -0.2) is 110 Å². The fourth-order valence-corrected chi connectivity index (χ4v) is 7.07. The summed E-state index contributed by atoms with van der Waals surface area (Å²) in [5.41, 5.74) is 0. The van der Waals surface area contributed by atoms with Crippen molar-refractivity contribution in [2.24, 2.45) is 0 Å². The Hall–Kier alpha value is -3.79. The Morgan fingerprint density at radius 3 is 1.64 bits per heavy atom. The molecule has 0 amide bonds. The van der Waals surface area contributed by atoms with Gasteiger partial charge in [0.25, 0.3) is 0 Å². The summed E-state index contributed by atoms with van der Waals surface area (Å²) in [5, 5.41) is 60.2. The van der Waals surface area contributed by atoms with E-state index in [1.54, 1.807) is 12.2 Å². The fraction of sp³-hybridized carbons (Fsp3) is 0.569. The van der Waals surface area contributed by atoms with Crippen LogP contribution in [0.2, 0.25) is 0 Å². The quantitative estimate of drug-likeness (QED) is 0.0103. The van der Waals surface area contributed by atoms with Gasteiger partial charge in [0.2, 0.25) is 0 Å². The molecule has 372 valence electrons. The molecule has 3 unspecified atom stereocenters. The zero-order valence-electron chi connectivity index (χ0n) is 39.0. The van der Waals surface area contributed by atoms with Crippen molar-refractivity contribution in [3.8, 4) is 0 Å². The van der Waals surface area contributed by atoms with Gasteiger partial charge in [0.05, 0.1) is 12.7 Å². The van der Waals surface area contributed by atoms with E-state index >= 15 is 0 Å². The largest absolute Gasteiger partial charge is 0.472 e. The van der Waals surface area contributed by atoms with Crippen LogP contribution in [0.15, 0.2) is 122 Å². The number of ether oxygens (including phenoxy) is 2. The van der Waals surface area contributed by atoms with Crippen LogP contribution in [0.1, 0.15) is 123 Å². The van der Waals surface area contributed by atoms with Gasteiger partial charge < -0.3 is 45.0 Å². The Bertz CT molecular complexity index is 1630. The summed E-state index contributed by atoms with van der Waals surface area (Å²) in [7, 11) is -5.18. The van der Waals surface area contributed by atoms with Crippen molar-refractivity contribution >= 4 is 19.8 Å². The topological polar surface area (TPSA) is 230 Å². The van der Waals surface area contributed by atoms with Gasteiger partial charge in [-0.25, -0.2) is 4.57 Å². The normalized spacial score (nSPS) is 22.9. The van der Waals surface area contributed by atoms with Gasteiger partial charge in [0, 0.05) is 12.8 Å². The summed E-state index contributed by atoms with van der Waals surface area (Å²) in [6, 6.07) is 0. The van der Waals surface area contributed by atoms with Gasteiger partial charge >= 0.3 is 19.8 Å². The van der Waals surface area contributed by atoms with Crippen LogP contribution in [0.25, 0.3) is 0 Å². The molecule has 0 saturated heterocycles. The summed E-state index contributed by atoms with van der Waals surface area (Å²) in [6.45, 7) is 2.95. The molecule has 0 heterocycles. The zero-order valence-corrected chi connectivity index (χ0v) is 39.9. The monoisotopic (exact) mass is 947 g/mol. The number of rotatable bonds is 36. The number of allylic oxidation sites excluding steroid dienone is 18. The molecule has 66 heavy (non-hydrogen) atoms. The molecule has 0 spiro atoms. The Balaban J connectivity index is 2.59. The second kappa shape index (κ2) is 39.2. The van der Waals surface area contributed by atoms with Crippen LogP contribution in [0.5, 0.6) is 0 Å². The highest BCUT2D eigenvalue weighted by molar-refractivity contribution is 7.47. The number of phosphoric acid groups is 1. The number of phosphoric ester groups is 1. The molecule has 1 rings (SSSR count). The Morgan fingerprint density at radius 2 is 1.06 bits per heavy atom. The van der Waals surface area contributed by atoms with Crippen LogP contribution in [-0.2, 0) is 32.7 Å². The number of unbranched alkanes of at least 4 members (excludes halogenated alkanes) is 4. The number of esters is 2. The fourth-order valence-electron chi connectivity index (χ4n) is 6.09. The number of hydrogen-bond donors (Lipinski definition) is 7. The lowest BCUT2D eigenvalue weighted by Gasteiger charge is -2.41. The molecule has 0 bridgehead atoms. The number of carbonyl (C=O) groups excluding carboxylic acids is 2. The third-order valence-electron chi connectivity index (χ3n) is 9.88. The van der Waals surface area contributed by atoms with E-state index in [0.717, 1.165) is 44.9 Å². The first kappa shape index (κ1) is 60.2. The second-order valence-electron chi connectivity index (χ2n) is 15.7. The van der Waals surface area contributed by atoms with E-state index in [9.17, 15) is 49.7 Å². The van der Waals surface area contributed by atoms with Crippen molar-refractivity contribution in [2.45, 2.75) is 172 Å². The first-order valence-corrected chi connectivity index (χ1v) is 24.9. The Morgan fingerprint density at radius 1 is 0.561 bits per heavy atom. The lowest BCUT2D eigenvalue weighted by Crippen LogP contribution is -2.64. The lowest BCUT2D eigenvalue weighted by atomic mass is 9.85. The highest BCUT2D eigenvalue weighted by atomic mass is 31.2. The summed E-state index contributed by atoms with van der Waals surface area (Å²) in [5.74, 6) is -1.32. The van der Waals surface area contributed by atoms with Gasteiger partial charge in [0.15, 0.2) is 6.10 Å². The van der Waals surface area contributed by atoms with Crippen molar-refractivity contribution in [3.05, 3.63) is 122 Å².